The summed E-state index contributed by atoms with van der Waals surface area (Å²) in [5.41, 5.74) is 2.19. The molecule has 1 amide bonds. The van der Waals surface area contributed by atoms with Gasteiger partial charge in [-0.05, 0) is 46.5 Å². The van der Waals surface area contributed by atoms with Crippen molar-refractivity contribution in [3.8, 4) is 5.75 Å². The van der Waals surface area contributed by atoms with Gasteiger partial charge in [0.05, 0.1) is 32.5 Å². The number of fused-ring (bicyclic) bond motifs is 1. The van der Waals surface area contributed by atoms with E-state index >= 15 is 0 Å². The van der Waals surface area contributed by atoms with Crippen molar-refractivity contribution < 1.29 is 28.8 Å². The first kappa shape index (κ1) is 22.7. The van der Waals surface area contributed by atoms with E-state index in [1.807, 2.05) is 36.4 Å². The Kier molecular flexibility index (Phi) is 6.94. The summed E-state index contributed by atoms with van der Waals surface area (Å²) in [6.45, 7) is 2.83. The van der Waals surface area contributed by atoms with Crippen molar-refractivity contribution >= 4 is 16.9 Å². The fourth-order valence-electron chi connectivity index (χ4n) is 4.65. The van der Waals surface area contributed by atoms with Crippen LogP contribution in [-0.2, 0) is 20.8 Å². The van der Waals surface area contributed by atoms with Gasteiger partial charge in [-0.25, -0.2) is 4.79 Å². The minimum atomic E-state index is -0.905. The third-order valence-corrected chi connectivity index (χ3v) is 6.49. The second kappa shape index (κ2) is 10.4. The topological polar surface area (TPSA) is 77.5 Å². The quantitative estimate of drug-likeness (QED) is 0.550. The zero-order chi connectivity index (χ0) is 23.3. The predicted octanol–water partition coefficient (Wildman–Crippen LogP) is 4.64. The number of nitrogens with zero attached hydrogens (tertiary/aromatic N) is 1. The van der Waals surface area contributed by atoms with Crippen LogP contribution in [0.4, 0.5) is 4.79 Å². The number of likely N-dealkylation sites (tertiary alicyclic amines) is 1. The maximum atomic E-state index is 11.6. The molecular weight excluding hydrogens is 434 g/mol. The van der Waals surface area contributed by atoms with Gasteiger partial charge in [-0.15, -0.1) is 0 Å². The van der Waals surface area contributed by atoms with E-state index in [4.69, 9.17) is 18.9 Å². The Bertz CT molecular complexity index is 1110. The monoisotopic (exact) mass is 463 g/mol. The summed E-state index contributed by atoms with van der Waals surface area (Å²) in [5.74, 6) is 0.853. The predicted molar refractivity (Wildman–Crippen MR) is 127 cm³/mol. The second-order valence-corrected chi connectivity index (χ2v) is 8.71. The number of amides is 1. The number of ether oxygens (including phenoxy) is 4. The highest BCUT2D eigenvalue weighted by molar-refractivity contribution is 5.82. The fraction of sp³-hybridized carbons (Fsp3) is 0.370. The van der Waals surface area contributed by atoms with Gasteiger partial charge in [-0.3, -0.25) is 0 Å². The third-order valence-electron chi connectivity index (χ3n) is 6.49. The molecule has 2 unspecified atom stereocenters. The molecule has 1 N–H and O–H groups in total. The molecule has 0 bridgehead atoms. The number of carbonyl (C=O) groups is 1. The standard InChI is InChI=1S/C27H29NO6/c29-27(30)28-12-11-24(21-7-9-23(10-8-21)33-18-26-31-13-14-32-26)25(16-28)34-17-19-5-6-20-3-1-2-4-22(20)15-19/h1-10,15,24-26H,11-14,16-18H2,(H,29,30). The van der Waals surface area contributed by atoms with Gasteiger partial charge in [0.15, 0.2) is 6.29 Å². The lowest BCUT2D eigenvalue weighted by atomic mass is 9.87. The van der Waals surface area contributed by atoms with E-state index in [0.717, 1.165) is 16.9 Å². The first-order valence-corrected chi connectivity index (χ1v) is 11.7. The van der Waals surface area contributed by atoms with Crippen LogP contribution >= 0.6 is 0 Å². The number of rotatable bonds is 7. The minimum absolute atomic E-state index is 0.103. The van der Waals surface area contributed by atoms with Crippen LogP contribution in [0.25, 0.3) is 10.8 Å². The minimum Gasteiger partial charge on any atom is -0.488 e. The van der Waals surface area contributed by atoms with Crippen LogP contribution in [0.1, 0.15) is 23.5 Å². The average Bonchev–Trinajstić information content (AvgIpc) is 3.40. The molecular formula is C27H29NO6. The number of carboxylic acid groups (broad SMARTS) is 1. The van der Waals surface area contributed by atoms with E-state index in [9.17, 15) is 9.90 Å². The summed E-state index contributed by atoms with van der Waals surface area (Å²) in [4.78, 5) is 13.1. The van der Waals surface area contributed by atoms with Crippen LogP contribution < -0.4 is 4.74 Å². The van der Waals surface area contributed by atoms with Crippen molar-refractivity contribution in [3.63, 3.8) is 0 Å². The Balaban J connectivity index is 1.26. The van der Waals surface area contributed by atoms with Gasteiger partial charge in [0.1, 0.15) is 12.4 Å². The van der Waals surface area contributed by atoms with Crippen LogP contribution in [0.2, 0.25) is 0 Å². The van der Waals surface area contributed by atoms with E-state index in [-0.39, 0.29) is 18.3 Å². The maximum absolute atomic E-state index is 11.6. The SMILES string of the molecule is O=C(O)N1CCC(c2ccc(OCC3OCCO3)cc2)C(OCc2ccc3ccccc3c2)C1. The Morgan fingerprint density at radius 2 is 1.76 bits per heavy atom. The molecule has 2 aliphatic rings. The van der Waals surface area contributed by atoms with Gasteiger partial charge in [0, 0.05) is 12.5 Å². The van der Waals surface area contributed by atoms with Gasteiger partial charge >= 0.3 is 6.09 Å². The van der Waals surface area contributed by atoms with Crippen LogP contribution in [0.3, 0.4) is 0 Å². The highest BCUT2D eigenvalue weighted by Crippen LogP contribution is 2.32. The molecule has 3 aromatic rings. The van der Waals surface area contributed by atoms with E-state index in [1.54, 1.807) is 0 Å². The molecule has 7 heteroatoms. The van der Waals surface area contributed by atoms with E-state index in [0.29, 0.717) is 45.9 Å². The number of hydrogen-bond donors (Lipinski definition) is 1. The van der Waals surface area contributed by atoms with E-state index in [1.165, 1.54) is 15.7 Å². The molecule has 0 radical (unpaired) electrons. The van der Waals surface area contributed by atoms with Gasteiger partial charge in [0.2, 0.25) is 0 Å². The van der Waals surface area contributed by atoms with E-state index in [2.05, 4.69) is 30.3 Å². The third kappa shape index (κ3) is 5.33. The summed E-state index contributed by atoms with van der Waals surface area (Å²) in [7, 11) is 0. The van der Waals surface area contributed by atoms with Crippen LogP contribution in [0.15, 0.2) is 66.7 Å². The lowest BCUT2D eigenvalue weighted by Crippen LogP contribution is -2.46. The van der Waals surface area contributed by atoms with Crippen LogP contribution in [0, 0.1) is 0 Å². The normalized spacial score (nSPS) is 21.1. The average molecular weight is 464 g/mol. The molecule has 2 heterocycles. The lowest BCUT2D eigenvalue weighted by Gasteiger charge is -2.37. The summed E-state index contributed by atoms with van der Waals surface area (Å²) in [5, 5.41) is 11.9. The Morgan fingerprint density at radius 1 is 1.00 bits per heavy atom. The molecule has 0 spiro atoms. The summed E-state index contributed by atoms with van der Waals surface area (Å²) < 4.78 is 22.9. The maximum Gasteiger partial charge on any atom is 0.407 e. The molecule has 2 saturated heterocycles. The van der Waals surface area contributed by atoms with Crippen LogP contribution in [0.5, 0.6) is 5.75 Å². The van der Waals surface area contributed by atoms with Crippen molar-refractivity contribution in [3.05, 3.63) is 77.9 Å². The first-order chi connectivity index (χ1) is 16.7. The van der Waals surface area contributed by atoms with Gasteiger partial charge < -0.3 is 29.0 Å². The van der Waals surface area contributed by atoms with Gasteiger partial charge in [0.25, 0.3) is 0 Å². The molecule has 2 fully saturated rings. The molecule has 0 aromatic heterocycles. The summed E-state index contributed by atoms with van der Waals surface area (Å²) in [6.07, 6.45) is -0.743. The zero-order valence-electron chi connectivity index (χ0n) is 19.0. The molecule has 178 valence electrons. The fourth-order valence-corrected chi connectivity index (χ4v) is 4.65. The largest absolute Gasteiger partial charge is 0.488 e. The van der Waals surface area contributed by atoms with Crippen molar-refractivity contribution in [2.75, 3.05) is 32.9 Å². The molecule has 34 heavy (non-hydrogen) atoms. The Labute approximate surface area is 198 Å². The lowest BCUT2D eigenvalue weighted by molar-refractivity contribution is -0.0684. The zero-order valence-corrected chi connectivity index (χ0v) is 19.0. The summed E-state index contributed by atoms with van der Waals surface area (Å²) in [6, 6.07) is 22.5. The van der Waals surface area contributed by atoms with Crippen molar-refractivity contribution in [1.29, 1.82) is 0 Å². The molecule has 0 aliphatic carbocycles. The van der Waals surface area contributed by atoms with Crippen molar-refractivity contribution in [2.24, 2.45) is 0 Å². The molecule has 2 atom stereocenters. The molecule has 0 saturated carbocycles. The summed E-state index contributed by atoms with van der Waals surface area (Å²) >= 11 is 0. The second-order valence-electron chi connectivity index (χ2n) is 8.71. The molecule has 5 rings (SSSR count). The highest BCUT2D eigenvalue weighted by Gasteiger charge is 2.33. The number of hydrogen-bond acceptors (Lipinski definition) is 5. The smallest absolute Gasteiger partial charge is 0.407 e. The van der Waals surface area contributed by atoms with Gasteiger partial charge in [-0.2, -0.15) is 0 Å². The molecule has 7 nitrogen and oxygen atoms in total. The van der Waals surface area contributed by atoms with Gasteiger partial charge in [-0.1, -0.05) is 48.5 Å². The Hall–Kier alpha value is -3.13. The van der Waals surface area contributed by atoms with E-state index < -0.39 is 6.09 Å². The molecule has 2 aliphatic heterocycles. The number of benzene rings is 3. The van der Waals surface area contributed by atoms with Crippen LogP contribution in [-0.4, -0.2) is 61.4 Å². The number of piperidine rings is 1. The highest BCUT2D eigenvalue weighted by atomic mass is 16.7. The van der Waals surface area contributed by atoms with Crippen molar-refractivity contribution in [2.45, 2.75) is 31.3 Å². The Morgan fingerprint density at radius 3 is 2.53 bits per heavy atom. The molecule has 3 aromatic carbocycles. The van der Waals surface area contributed by atoms with Crippen molar-refractivity contribution in [1.82, 2.24) is 4.90 Å². The first-order valence-electron chi connectivity index (χ1n) is 11.7.